The molecule has 1 saturated heterocycles. The number of aliphatic hydroxyl groups is 1. The van der Waals surface area contributed by atoms with E-state index in [-0.39, 0.29) is 0 Å². The van der Waals surface area contributed by atoms with Gasteiger partial charge in [-0.25, -0.2) is 4.98 Å². The number of aryl methyl sites for hydroxylation is 1. The molecule has 3 N–H and O–H groups in total. The number of hydrogen-bond donors (Lipinski definition) is 3. The quantitative estimate of drug-likeness (QED) is 0.519. The van der Waals surface area contributed by atoms with Crippen LogP contribution in [-0.2, 0) is 12.8 Å². The molecular formula is C15H26N4OS2. The number of aromatic nitrogens is 1. The van der Waals surface area contributed by atoms with Crippen molar-refractivity contribution in [3.63, 3.8) is 0 Å². The molecule has 2 rings (SSSR count). The molecule has 1 fully saturated rings. The molecule has 0 aliphatic carbocycles. The van der Waals surface area contributed by atoms with Crippen molar-refractivity contribution in [2.45, 2.75) is 38.7 Å². The van der Waals surface area contributed by atoms with Crippen LogP contribution in [0.25, 0.3) is 0 Å². The molecule has 1 unspecified atom stereocenters. The topological polar surface area (TPSA) is 69.5 Å². The third kappa shape index (κ3) is 5.44. The molecule has 1 aromatic heterocycles. The summed E-state index contributed by atoms with van der Waals surface area (Å²) < 4.78 is 0. The van der Waals surface area contributed by atoms with Gasteiger partial charge >= 0.3 is 0 Å². The SMILES string of the molecule is CCNC(=NCC1(O)CCSC1)NCCc1ncc(CC)s1. The van der Waals surface area contributed by atoms with E-state index in [2.05, 4.69) is 27.5 Å². The smallest absolute Gasteiger partial charge is 0.191 e. The number of aliphatic imine (C=N–C) groups is 1. The van der Waals surface area contributed by atoms with E-state index in [0.29, 0.717) is 6.54 Å². The monoisotopic (exact) mass is 342 g/mol. The van der Waals surface area contributed by atoms with Gasteiger partial charge in [0, 0.05) is 36.3 Å². The molecule has 2 heterocycles. The Bertz CT molecular complexity index is 484. The minimum atomic E-state index is -0.627. The number of hydrogen-bond acceptors (Lipinski definition) is 5. The van der Waals surface area contributed by atoms with Crippen LogP contribution in [0.15, 0.2) is 11.2 Å². The van der Waals surface area contributed by atoms with Crippen LogP contribution in [0.3, 0.4) is 0 Å². The van der Waals surface area contributed by atoms with Crippen LogP contribution in [-0.4, -0.2) is 52.8 Å². The third-order valence-corrected chi connectivity index (χ3v) is 5.98. The Kier molecular flexibility index (Phi) is 6.98. The van der Waals surface area contributed by atoms with Gasteiger partial charge in [-0.1, -0.05) is 6.92 Å². The lowest BCUT2D eigenvalue weighted by Gasteiger charge is -2.19. The van der Waals surface area contributed by atoms with Gasteiger partial charge in [-0.05, 0) is 25.5 Å². The molecule has 0 radical (unpaired) electrons. The minimum absolute atomic E-state index is 0.465. The Morgan fingerprint density at radius 1 is 1.45 bits per heavy atom. The Morgan fingerprint density at radius 3 is 2.95 bits per heavy atom. The normalized spacial score (nSPS) is 22.0. The molecule has 124 valence electrons. The maximum Gasteiger partial charge on any atom is 0.191 e. The molecule has 5 nitrogen and oxygen atoms in total. The van der Waals surface area contributed by atoms with E-state index in [9.17, 15) is 5.11 Å². The summed E-state index contributed by atoms with van der Waals surface area (Å²) in [6.45, 7) is 6.28. The Balaban J connectivity index is 1.80. The molecule has 1 aliphatic heterocycles. The molecule has 22 heavy (non-hydrogen) atoms. The van der Waals surface area contributed by atoms with Gasteiger partial charge in [0.2, 0.25) is 0 Å². The fourth-order valence-electron chi connectivity index (χ4n) is 2.20. The number of thiazole rings is 1. The molecule has 0 saturated carbocycles. The van der Waals surface area contributed by atoms with Crippen LogP contribution in [0, 0.1) is 0 Å². The van der Waals surface area contributed by atoms with Crippen molar-refractivity contribution in [1.82, 2.24) is 15.6 Å². The number of nitrogens with zero attached hydrogens (tertiary/aromatic N) is 2. The summed E-state index contributed by atoms with van der Waals surface area (Å²) in [5.41, 5.74) is -0.627. The minimum Gasteiger partial charge on any atom is -0.387 e. The Labute approximate surface area is 141 Å². The van der Waals surface area contributed by atoms with Crippen molar-refractivity contribution in [3.05, 3.63) is 16.1 Å². The van der Waals surface area contributed by atoms with Gasteiger partial charge in [0.25, 0.3) is 0 Å². The highest BCUT2D eigenvalue weighted by molar-refractivity contribution is 7.99. The average Bonchev–Trinajstić information content (AvgIpc) is 3.14. The van der Waals surface area contributed by atoms with E-state index in [1.54, 1.807) is 23.1 Å². The van der Waals surface area contributed by atoms with Crippen molar-refractivity contribution in [2.75, 3.05) is 31.1 Å². The fraction of sp³-hybridized carbons (Fsp3) is 0.733. The molecule has 0 amide bonds. The number of nitrogens with one attached hydrogen (secondary N) is 2. The van der Waals surface area contributed by atoms with Gasteiger partial charge in [0.1, 0.15) is 0 Å². The van der Waals surface area contributed by atoms with Crippen molar-refractivity contribution >= 4 is 29.1 Å². The number of rotatable bonds is 7. The van der Waals surface area contributed by atoms with E-state index < -0.39 is 5.60 Å². The standard InChI is InChI=1S/C15H26N4OS2/c1-3-12-9-18-13(22-12)5-7-17-14(16-4-2)19-10-15(20)6-8-21-11-15/h9,20H,3-8,10-11H2,1-2H3,(H2,16,17,19). The zero-order valence-corrected chi connectivity index (χ0v) is 15.0. The van der Waals surface area contributed by atoms with Crippen molar-refractivity contribution in [1.29, 1.82) is 0 Å². The highest BCUT2D eigenvalue weighted by atomic mass is 32.2. The molecule has 1 aliphatic rings. The van der Waals surface area contributed by atoms with Crippen LogP contribution in [0.2, 0.25) is 0 Å². The van der Waals surface area contributed by atoms with Crippen LogP contribution in [0.1, 0.15) is 30.2 Å². The van der Waals surface area contributed by atoms with Crippen molar-refractivity contribution in [2.24, 2.45) is 4.99 Å². The third-order valence-electron chi connectivity index (χ3n) is 3.54. The summed E-state index contributed by atoms with van der Waals surface area (Å²) in [7, 11) is 0. The summed E-state index contributed by atoms with van der Waals surface area (Å²) >= 11 is 3.58. The van der Waals surface area contributed by atoms with Gasteiger partial charge in [-0.15, -0.1) is 11.3 Å². The van der Waals surface area contributed by atoms with Crippen LogP contribution < -0.4 is 10.6 Å². The lowest BCUT2D eigenvalue weighted by molar-refractivity contribution is 0.0778. The van der Waals surface area contributed by atoms with Gasteiger partial charge in [-0.2, -0.15) is 11.8 Å². The van der Waals surface area contributed by atoms with Gasteiger partial charge in [0.15, 0.2) is 5.96 Å². The first-order valence-corrected chi connectivity index (χ1v) is 9.88. The number of guanidine groups is 1. The molecule has 1 aromatic rings. The predicted octanol–water partition coefficient (Wildman–Crippen LogP) is 1.67. The van der Waals surface area contributed by atoms with Crippen molar-refractivity contribution < 1.29 is 5.11 Å². The maximum absolute atomic E-state index is 10.3. The van der Waals surface area contributed by atoms with Crippen LogP contribution in [0.4, 0.5) is 0 Å². The summed E-state index contributed by atoms with van der Waals surface area (Å²) in [5, 5.41) is 18.1. The lowest BCUT2D eigenvalue weighted by Crippen LogP contribution is -2.40. The first-order chi connectivity index (χ1) is 10.6. The summed E-state index contributed by atoms with van der Waals surface area (Å²) in [6.07, 6.45) is 4.74. The number of thioether (sulfide) groups is 1. The highest BCUT2D eigenvalue weighted by Crippen LogP contribution is 2.27. The first-order valence-electron chi connectivity index (χ1n) is 7.91. The molecule has 7 heteroatoms. The molecule has 1 atom stereocenters. The second-order valence-electron chi connectivity index (χ2n) is 5.47. The Hall–Kier alpha value is -0.790. The molecule has 0 aromatic carbocycles. The van der Waals surface area contributed by atoms with E-state index in [1.807, 2.05) is 13.1 Å². The first kappa shape index (κ1) is 17.6. The predicted molar refractivity (Wildman–Crippen MR) is 96.1 cm³/mol. The van der Waals surface area contributed by atoms with E-state index in [0.717, 1.165) is 54.8 Å². The van der Waals surface area contributed by atoms with Gasteiger partial charge < -0.3 is 15.7 Å². The fourth-order valence-corrected chi connectivity index (χ4v) is 4.35. The summed E-state index contributed by atoms with van der Waals surface area (Å²) in [5.74, 6) is 2.59. The molecular weight excluding hydrogens is 316 g/mol. The van der Waals surface area contributed by atoms with E-state index in [4.69, 9.17) is 0 Å². The van der Waals surface area contributed by atoms with Gasteiger partial charge in [0.05, 0.1) is 17.2 Å². The van der Waals surface area contributed by atoms with E-state index >= 15 is 0 Å². The zero-order valence-electron chi connectivity index (χ0n) is 13.4. The van der Waals surface area contributed by atoms with Crippen LogP contribution >= 0.6 is 23.1 Å². The van der Waals surface area contributed by atoms with Gasteiger partial charge in [-0.3, -0.25) is 4.99 Å². The highest BCUT2D eigenvalue weighted by Gasteiger charge is 2.31. The maximum atomic E-state index is 10.3. The largest absolute Gasteiger partial charge is 0.387 e. The summed E-state index contributed by atoms with van der Waals surface area (Å²) in [6, 6.07) is 0. The lowest BCUT2D eigenvalue weighted by atomic mass is 10.1. The van der Waals surface area contributed by atoms with Crippen LogP contribution in [0.5, 0.6) is 0 Å². The Morgan fingerprint density at radius 2 is 2.32 bits per heavy atom. The molecule has 0 spiro atoms. The van der Waals surface area contributed by atoms with Crippen molar-refractivity contribution in [3.8, 4) is 0 Å². The van der Waals surface area contributed by atoms with E-state index in [1.165, 1.54) is 4.88 Å². The molecule has 0 bridgehead atoms. The zero-order chi connectivity index (χ0) is 15.8. The summed E-state index contributed by atoms with van der Waals surface area (Å²) in [4.78, 5) is 10.3. The second kappa shape index (κ2) is 8.74. The average molecular weight is 343 g/mol. The second-order valence-corrected chi connectivity index (χ2v) is 7.78.